The molecular formula is C17H15N7O4. The number of nitrogens with zero attached hydrogens (tertiary/aromatic N) is 4. The Morgan fingerprint density at radius 2 is 1.93 bits per heavy atom. The van der Waals surface area contributed by atoms with Crippen LogP contribution in [-0.2, 0) is 0 Å². The van der Waals surface area contributed by atoms with Crippen LogP contribution in [0.25, 0.3) is 0 Å². The molecule has 0 spiro atoms. The fraction of sp³-hybridized carbons (Fsp3) is 0.0588. The highest BCUT2D eigenvalue weighted by molar-refractivity contribution is 5.97. The monoisotopic (exact) mass is 381 g/mol. The van der Waals surface area contributed by atoms with Gasteiger partial charge in [0.2, 0.25) is 11.6 Å². The lowest BCUT2D eigenvalue weighted by Gasteiger charge is -2.12. The van der Waals surface area contributed by atoms with Crippen molar-refractivity contribution in [3.63, 3.8) is 0 Å². The van der Waals surface area contributed by atoms with Crippen LogP contribution in [0.15, 0.2) is 55.1 Å². The third-order valence-corrected chi connectivity index (χ3v) is 3.58. The van der Waals surface area contributed by atoms with Crippen molar-refractivity contribution in [3.05, 3.63) is 70.8 Å². The highest BCUT2D eigenvalue weighted by Crippen LogP contribution is 2.30. The van der Waals surface area contributed by atoms with Crippen LogP contribution < -0.4 is 20.9 Å². The summed E-state index contributed by atoms with van der Waals surface area (Å²) in [4.78, 5) is 34.9. The highest BCUT2D eigenvalue weighted by Gasteiger charge is 2.24. The van der Waals surface area contributed by atoms with E-state index in [1.807, 2.05) is 0 Å². The zero-order valence-electron chi connectivity index (χ0n) is 14.6. The first-order valence-electron chi connectivity index (χ1n) is 7.96. The fourth-order valence-electron chi connectivity index (χ4n) is 2.32. The van der Waals surface area contributed by atoms with E-state index in [0.29, 0.717) is 11.4 Å². The van der Waals surface area contributed by atoms with Crippen molar-refractivity contribution in [2.24, 2.45) is 0 Å². The molecule has 0 saturated carbocycles. The van der Waals surface area contributed by atoms with Gasteiger partial charge in [-0.3, -0.25) is 30.7 Å². The number of nitro groups is 1. The lowest BCUT2D eigenvalue weighted by atomic mass is 10.2. The molecule has 0 saturated heterocycles. The molecule has 0 aliphatic heterocycles. The minimum atomic E-state index is -0.656. The Morgan fingerprint density at radius 1 is 1.14 bits per heavy atom. The molecule has 1 amide bonds. The molecule has 0 aliphatic carbocycles. The van der Waals surface area contributed by atoms with Gasteiger partial charge in [-0.2, -0.15) is 0 Å². The van der Waals surface area contributed by atoms with Gasteiger partial charge in [0.25, 0.3) is 5.91 Å². The SMILES string of the molecule is COc1ccccc1C(=O)NNc1ncnc(Nc2cccnc2)c1[N+](=O)[O-]. The van der Waals surface area contributed by atoms with Gasteiger partial charge in [0.1, 0.15) is 12.1 Å². The number of amides is 1. The largest absolute Gasteiger partial charge is 0.496 e. The van der Waals surface area contributed by atoms with E-state index in [4.69, 9.17) is 4.74 Å². The molecule has 2 heterocycles. The number of benzene rings is 1. The molecule has 0 fully saturated rings. The highest BCUT2D eigenvalue weighted by atomic mass is 16.6. The number of pyridine rings is 1. The minimum absolute atomic E-state index is 0.0537. The number of hydrogen-bond acceptors (Lipinski definition) is 9. The lowest BCUT2D eigenvalue weighted by Crippen LogP contribution is -2.30. The van der Waals surface area contributed by atoms with E-state index >= 15 is 0 Å². The first-order valence-corrected chi connectivity index (χ1v) is 7.96. The summed E-state index contributed by atoms with van der Waals surface area (Å²) in [7, 11) is 1.44. The number of carbonyl (C=O) groups excluding carboxylic acids is 1. The van der Waals surface area contributed by atoms with Crippen molar-refractivity contribution in [2.45, 2.75) is 0 Å². The molecule has 0 atom stereocenters. The molecule has 3 N–H and O–H groups in total. The maximum Gasteiger partial charge on any atom is 0.355 e. The van der Waals surface area contributed by atoms with Crippen LogP contribution in [0.1, 0.15) is 10.4 Å². The van der Waals surface area contributed by atoms with Crippen molar-refractivity contribution in [1.82, 2.24) is 20.4 Å². The van der Waals surface area contributed by atoms with Crippen LogP contribution in [-0.4, -0.2) is 32.9 Å². The average molecular weight is 381 g/mol. The average Bonchev–Trinajstić information content (AvgIpc) is 2.72. The molecule has 11 heteroatoms. The Morgan fingerprint density at radius 3 is 2.64 bits per heavy atom. The van der Waals surface area contributed by atoms with Crippen LogP contribution in [0.2, 0.25) is 0 Å². The summed E-state index contributed by atoms with van der Waals surface area (Å²) in [5.74, 6) is -0.429. The van der Waals surface area contributed by atoms with Crippen LogP contribution in [0.3, 0.4) is 0 Å². The maximum atomic E-state index is 12.4. The molecule has 2 aromatic heterocycles. The number of ether oxygens (including phenoxy) is 1. The number of nitrogens with one attached hydrogen (secondary N) is 3. The van der Waals surface area contributed by atoms with Crippen LogP contribution in [0.5, 0.6) is 5.75 Å². The summed E-state index contributed by atoms with van der Waals surface area (Å²) < 4.78 is 5.13. The van der Waals surface area contributed by atoms with Crippen molar-refractivity contribution in [3.8, 4) is 5.75 Å². The van der Waals surface area contributed by atoms with Crippen LogP contribution in [0, 0.1) is 10.1 Å². The Balaban J connectivity index is 1.83. The number of aromatic nitrogens is 3. The molecular weight excluding hydrogens is 366 g/mol. The zero-order valence-corrected chi connectivity index (χ0v) is 14.6. The maximum absolute atomic E-state index is 12.4. The number of methoxy groups -OCH3 is 1. The van der Waals surface area contributed by atoms with Gasteiger partial charge in [-0.25, -0.2) is 9.97 Å². The molecule has 28 heavy (non-hydrogen) atoms. The van der Waals surface area contributed by atoms with Crippen molar-refractivity contribution < 1.29 is 14.5 Å². The Bertz CT molecular complexity index is 998. The lowest BCUT2D eigenvalue weighted by molar-refractivity contribution is -0.383. The number of anilines is 3. The summed E-state index contributed by atoms with van der Waals surface area (Å²) in [6, 6.07) is 9.91. The summed E-state index contributed by atoms with van der Waals surface area (Å²) in [6.45, 7) is 0. The first-order chi connectivity index (χ1) is 13.6. The topological polar surface area (TPSA) is 144 Å². The van der Waals surface area contributed by atoms with E-state index in [9.17, 15) is 14.9 Å². The summed E-state index contributed by atoms with van der Waals surface area (Å²) >= 11 is 0. The smallest absolute Gasteiger partial charge is 0.355 e. The van der Waals surface area contributed by atoms with Gasteiger partial charge in [0, 0.05) is 6.20 Å². The number of carbonyl (C=O) groups is 1. The summed E-state index contributed by atoms with van der Waals surface area (Å²) in [6.07, 6.45) is 4.19. The molecule has 0 bridgehead atoms. The third-order valence-electron chi connectivity index (χ3n) is 3.58. The molecule has 0 unspecified atom stereocenters. The molecule has 11 nitrogen and oxygen atoms in total. The molecule has 1 aromatic carbocycles. The second-order valence-corrected chi connectivity index (χ2v) is 5.32. The van der Waals surface area contributed by atoms with Crippen molar-refractivity contribution in [1.29, 1.82) is 0 Å². The molecule has 0 aliphatic rings. The van der Waals surface area contributed by atoms with Gasteiger partial charge >= 0.3 is 5.69 Å². The van der Waals surface area contributed by atoms with Gasteiger partial charge in [-0.1, -0.05) is 12.1 Å². The molecule has 0 radical (unpaired) electrons. The first kappa shape index (κ1) is 18.5. The van der Waals surface area contributed by atoms with Gasteiger partial charge in [0.05, 0.1) is 29.5 Å². The summed E-state index contributed by atoms with van der Waals surface area (Å²) in [5.41, 5.74) is 5.16. The predicted octanol–water partition coefficient (Wildman–Crippen LogP) is 2.29. The standard InChI is InChI=1S/C17H15N7O4/c1-28-13-7-3-2-6-12(13)17(25)23-22-16-14(24(26)27)15(19-10-20-16)21-11-5-4-8-18-9-11/h2-10H,1H3,(H,23,25)(H2,19,20,21,22). The van der Waals surface area contributed by atoms with Gasteiger partial charge < -0.3 is 10.1 Å². The normalized spacial score (nSPS) is 10.0. The Hall–Kier alpha value is -4.28. The molecule has 3 aromatic rings. The fourth-order valence-corrected chi connectivity index (χ4v) is 2.32. The van der Waals surface area contributed by atoms with Crippen LogP contribution in [0.4, 0.5) is 23.0 Å². The molecule has 142 valence electrons. The Kier molecular flexibility index (Phi) is 5.55. The van der Waals surface area contributed by atoms with E-state index in [2.05, 4.69) is 31.1 Å². The van der Waals surface area contributed by atoms with E-state index in [1.54, 1.807) is 42.6 Å². The van der Waals surface area contributed by atoms with E-state index in [1.165, 1.54) is 13.3 Å². The Labute approximate surface area is 158 Å². The number of rotatable bonds is 7. The van der Waals surface area contributed by atoms with Gasteiger partial charge in [-0.05, 0) is 24.3 Å². The molecule has 3 rings (SSSR count). The second-order valence-electron chi connectivity index (χ2n) is 5.32. The van der Waals surface area contributed by atoms with Gasteiger partial charge in [-0.15, -0.1) is 0 Å². The number of para-hydroxylation sites is 1. The summed E-state index contributed by atoms with van der Waals surface area (Å²) in [5, 5.41) is 14.3. The third kappa shape index (κ3) is 4.09. The van der Waals surface area contributed by atoms with Gasteiger partial charge in [0.15, 0.2) is 0 Å². The zero-order chi connectivity index (χ0) is 19.9. The number of hydrogen-bond donors (Lipinski definition) is 3. The number of hydrazine groups is 1. The quantitative estimate of drug-likeness (QED) is 0.414. The van der Waals surface area contributed by atoms with E-state index < -0.39 is 16.5 Å². The minimum Gasteiger partial charge on any atom is -0.496 e. The van der Waals surface area contributed by atoms with E-state index in [-0.39, 0.29) is 17.2 Å². The van der Waals surface area contributed by atoms with Crippen LogP contribution >= 0.6 is 0 Å². The second kappa shape index (κ2) is 8.40. The van der Waals surface area contributed by atoms with Crippen molar-refractivity contribution in [2.75, 3.05) is 17.9 Å². The van der Waals surface area contributed by atoms with Crippen molar-refractivity contribution >= 4 is 28.9 Å². The van der Waals surface area contributed by atoms with E-state index in [0.717, 1.165) is 6.33 Å². The predicted molar refractivity (Wildman–Crippen MR) is 100 cm³/mol.